The minimum absolute atomic E-state index is 0.174. The lowest BCUT2D eigenvalue weighted by Gasteiger charge is -2.40. The average Bonchev–Trinajstić information content (AvgIpc) is 3.26. The van der Waals surface area contributed by atoms with E-state index in [0.29, 0.717) is 24.1 Å². The van der Waals surface area contributed by atoms with E-state index >= 15 is 0 Å². The minimum atomic E-state index is -0.390. The molecule has 1 saturated heterocycles. The fourth-order valence-corrected chi connectivity index (χ4v) is 5.07. The van der Waals surface area contributed by atoms with Crippen LogP contribution in [0.4, 0.5) is 9.18 Å². The van der Waals surface area contributed by atoms with Gasteiger partial charge in [-0.2, -0.15) is 0 Å². The molecule has 0 radical (unpaired) electrons. The van der Waals surface area contributed by atoms with Crippen molar-refractivity contribution in [1.29, 1.82) is 0 Å². The van der Waals surface area contributed by atoms with Crippen LogP contribution in [0, 0.1) is 17.7 Å². The second-order valence-electron chi connectivity index (χ2n) is 8.32. The van der Waals surface area contributed by atoms with Gasteiger partial charge in [0.1, 0.15) is 11.6 Å². The summed E-state index contributed by atoms with van der Waals surface area (Å²) in [5.41, 5.74) is 3.45. The van der Waals surface area contributed by atoms with Crippen molar-refractivity contribution in [1.82, 2.24) is 10.2 Å². The van der Waals surface area contributed by atoms with Gasteiger partial charge in [0.2, 0.25) is 0 Å². The number of carbonyl (C=O) groups is 1. The van der Waals surface area contributed by atoms with Crippen LogP contribution in [-0.4, -0.2) is 37.2 Å². The molecule has 1 heterocycles. The molecule has 1 N–H and O–H groups in total. The number of carbonyl (C=O) groups excluding carboxylic acids is 1. The normalized spacial score (nSPS) is 25.0. The number of fused-ring (bicyclic) bond motifs is 2. The molecule has 5 heteroatoms. The summed E-state index contributed by atoms with van der Waals surface area (Å²) in [5.74, 6) is 2.38. The molecule has 3 aliphatic rings. The highest BCUT2D eigenvalue weighted by molar-refractivity contribution is 5.79. The highest BCUT2D eigenvalue weighted by Gasteiger charge is 2.47. The molecule has 1 saturated carbocycles. The first-order valence-corrected chi connectivity index (χ1v) is 10.4. The highest BCUT2D eigenvalue weighted by atomic mass is 19.1. The van der Waals surface area contributed by atoms with Crippen molar-refractivity contribution >= 4 is 11.9 Å². The first kappa shape index (κ1) is 18.4. The molecule has 0 bridgehead atoms. The Hall–Kier alpha value is -2.66. The molecule has 1 aliphatic heterocycles. The summed E-state index contributed by atoms with van der Waals surface area (Å²) in [6, 6.07) is 15.0. The highest BCUT2D eigenvalue weighted by Crippen LogP contribution is 2.51. The van der Waals surface area contributed by atoms with Gasteiger partial charge in [-0.05, 0) is 59.9 Å². The van der Waals surface area contributed by atoms with Gasteiger partial charge in [-0.15, -0.1) is 0 Å². The first-order valence-electron chi connectivity index (χ1n) is 10.4. The molecule has 2 aliphatic carbocycles. The third-order valence-electron chi connectivity index (χ3n) is 6.63. The van der Waals surface area contributed by atoms with Crippen LogP contribution in [0.1, 0.15) is 29.0 Å². The molecule has 2 fully saturated rings. The molecule has 29 heavy (non-hydrogen) atoms. The molecule has 5 rings (SSSR count). The summed E-state index contributed by atoms with van der Waals surface area (Å²) in [7, 11) is 0. The van der Waals surface area contributed by atoms with Crippen LogP contribution < -0.4 is 5.32 Å². The topological polar surface area (TPSA) is 41.6 Å². The monoisotopic (exact) mass is 392 g/mol. The second-order valence-corrected chi connectivity index (χ2v) is 8.32. The fourth-order valence-electron chi connectivity index (χ4n) is 5.07. The van der Waals surface area contributed by atoms with Crippen molar-refractivity contribution in [3.63, 3.8) is 0 Å². The maximum Gasteiger partial charge on any atom is 0.412 e. The van der Waals surface area contributed by atoms with Crippen LogP contribution in [0.5, 0.6) is 0 Å². The van der Waals surface area contributed by atoms with Crippen LogP contribution in [-0.2, 0) is 11.2 Å². The van der Waals surface area contributed by atoms with E-state index < -0.39 is 0 Å². The Balaban J connectivity index is 1.07. The Labute approximate surface area is 170 Å². The van der Waals surface area contributed by atoms with Crippen LogP contribution >= 0.6 is 0 Å². The zero-order valence-electron chi connectivity index (χ0n) is 16.3. The molecule has 4 nitrogen and oxygen atoms in total. The van der Waals surface area contributed by atoms with Gasteiger partial charge in [0.05, 0.1) is 0 Å². The summed E-state index contributed by atoms with van der Waals surface area (Å²) >= 11 is 0. The smallest absolute Gasteiger partial charge is 0.410 e. The van der Waals surface area contributed by atoms with Gasteiger partial charge in [0.25, 0.3) is 0 Å². The van der Waals surface area contributed by atoms with Crippen molar-refractivity contribution in [2.24, 2.45) is 11.8 Å². The van der Waals surface area contributed by atoms with E-state index in [1.54, 1.807) is 12.1 Å². The number of amides is 1. The zero-order valence-corrected chi connectivity index (χ0v) is 16.3. The van der Waals surface area contributed by atoms with Gasteiger partial charge in [0, 0.05) is 31.7 Å². The van der Waals surface area contributed by atoms with Gasteiger partial charge in [-0.25, -0.2) is 9.18 Å². The lowest BCUT2D eigenvalue weighted by molar-refractivity contribution is 0.189. The summed E-state index contributed by atoms with van der Waals surface area (Å²) < 4.78 is 18.7. The molecule has 2 aromatic rings. The summed E-state index contributed by atoms with van der Waals surface area (Å²) in [6.45, 7) is 3.53. The molecular weight excluding hydrogens is 367 g/mol. The minimum Gasteiger partial charge on any atom is -0.410 e. The number of hydrogen-bond donors (Lipinski definition) is 1. The van der Waals surface area contributed by atoms with E-state index in [-0.39, 0.29) is 11.9 Å². The summed E-state index contributed by atoms with van der Waals surface area (Å²) in [5, 5.41) is 2.88. The number of rotatable bonds is 5. The number of halogens is 1. The van der Waals surface area contributed by atoms with Gasteiger partial charge in [-0.3, -0.25) is 0 Å². The van der Waals surface area contributed by atoms with Crippen molar-refractivity contribution < 1.29 is 13.9 Å². The number of allylic oxidation sites excluding steroid dienone is 1. The lowest BCUT2D eigenvalue weighted by Crippen LogP contribution is -2.34. The Morgan fingerprint density at radius 2 is 1.97 bits per heavy atom. The molecule has 2 aromatic carbocycles. The van der Waals surface area contributed by atoms with Crippen LogP contribution in [0.15, 0.2) is 54.6 Å². The van der Waals surface area contributed by atoms with E-state index in [1.807, 2.05) is 36.4 Å². The SMILES string of the molecule is O=C(NCCN1CC2CC(c3ccc(F)cc3)C2C1)OC1=CCc2ccccc21. The Morgan fingerprint density at radius 3 is 2.83 bits per heavy atom. The predicted molar refractivity (Wildman–Crippen MR) is 110 cm³/mol. The molecule has 0 aromatic heterocycles. The Morgan fingerprint density at radius 1 is 1.14 bits per heavy atom. The van der Waals surface area contributed by atoms with Gasteiger partial charge < -0.3 is 15.0 Å². The number of alkyl carbamates (subject to hydrolysis) is 1. The van der Waals surface area contributed by atoms with E-state index in [0.717, 1.165) is 37.5 Å². The Bertz CT molecular complexity index is 940. The first-order chi connectivity index (χ1) is 14.2. The molecule has 1 amide bonds. The van der Waals surface area contributed by atoms with Gasteiger partial charge in [-0.1, -0.05) is 36.4 Å². The number of likely N-dealkylation sites (tertiary alicyclic amines) is 1. The van der Waals surface area contributed by atoms with Crippen molar-refractivity contribution in [2.45, 2.75) is 18.8 Å². The molecular formula is C24H25FN2O2. The van der Waals surface area contributed by atoms with Crippen molar-refractivity contribution in [2.75, 3.05) is 26.2 Å². The maximum absolute atomic E-state index is 13.2. The molecule has 0 spiro atoms. The summed E-state index contributed by atoms with van der Waals surface area (Å²) in [6.07, 6.45) is 3.55. The summed E-state index contributed by atoms with van der Waals surface area (Å²) in [4.78, 5) is 14.6. The Kier molecular flexibility index (Phi) is 4.84. The predicted octanol–water partition coefficient (Wildman–Crippen LogP) is 4.18. The van der Waals surface area contributed by atoms with Gasteiger partial charge in [0.15, 0.2) is 0 Å². The lowest BCUT2D eigenvalue weighted by atomic mass is 9.64. The van der Waals surface area contributed by atoms with Crippen LogP contribution in [0.3, 0.4) is 0 Å². The van der Waals surface area contributed by atoms with Gasteiger partial charge >= 0.3 is 6.09 Å². The van der Waals surface area contributed by atoms with E-state index in [2.05, 4.69) is 16.3 Å². The van der Waals surface area contributed by atoms with E-state index in [4.69, 9.17) is 4.74 Å². The third kappa shape index (κ3) is 3.67. The molecule has 3 atom stereocenters. The second kappa shape index (κ2) is 7.64. The van der Waals surface area contributed by atoms with E-state index in [1.165, 1.54) is 17.5 Å². The maximum atomic E-state index is 13.2. The van der Waals surface area contributed by atoms with E-state index in [9.17, 15) is 9.18 Å². The molecule has 150 valence electrons. The fraction of sp³-hybridized carbons (Fsp3) is 0.375. The number of hydrogen-bond acceptors (Lipinski definition) is 3. The average molecular weight is 392 g/mol. The standard InChI is InChI=1S/C24H25FN2O2/c25-19-8-5-17(6-9-19)21-13-18-14-27(15-22(18)21)12-11-26-24(28)29-23-10-7-16-3-1-2-4-20(16)23/h1-6,8-10,18,21-22H,7,11-15H2,(H,26,28). The number of ether oxygens (including phenoxy) is 1. The van der Waals surface area contributed by atoms with Crippen molar-refractivity contribution in [3.8, 4) is 0 Å². The number of benzene rings is 2. The zero-order chi connectivity index (χ0) is 19.8. The largest absolute Gasteiger partial charge is 0.412 e. The van der Waals surface area contributed by atoms with Crippen LogP contribution in [0.25, 0.3) is 5.76 Å². The quantitative estimate of drug-likeness (QED) is 0.830. The van der Waals surface area contributed by atoms with Crippen LogP contribution in [0.2, 0.25) is 0 Å². The molecule has 3 unspecified atom stereocenters. The number of nitrogens with zero attached hydrogens (tertiary/aromatic N) is 1. The third-order valence-corrected chi connectivity index (χ3v) is 6.63. The van der Waals surface area contributed by atoms with Crippen molar-refractivity contribution in [3.05, 3.63) is 77.1 Å². The number of nitrogens with one attached hydrogen (secondary N) is 1.